The van der Waals surface area contributed by atoms with Crippen molar-refractivity contribution in [3.05, 3.63) is 64.0 Å². The summed E-state index contributed by atoms with van der Waals surface area (Å²) >= 11 is 0. The molecule has 1 unspecified atom stereocenters. The predicted octanol–water partition coefficient (Wildman–Crippen LogP) is 4.35. The third kappa shape index (κ3) is 3.61. The molecule has 2 rings (SSSR count). The Hall–Kier alpha value is -1.87. The first kappa shape index (κ1) is 15.5. The topological polar surface area (TPSA) is 35.2 Å². The van der Waals surface area contributed by atoms with Gasteiger partial charge in [0.15, 0.2) is 0 Å². The molecule has 0 saturated carbocycles. The molecule has 3 heteroatoms. The normalized spacial score (nSPS) is 12.3. The highest BCUT2D eigenvalue weighted by atomic mass is 19.1. The van der Waals surface area contributed by atoms with E-state index in [4.69, 9.17) is 10.5 Å². The Morgan fingerprint density at radius 3 is 2.29 bits per heavy atom. The zero-order chi connectivity index (χ0) is 15.6. The van der Waals surface area contributed by atoms with Gasteiger partial charge in [-0.3, -0.25) is 0 Å². The fourth-order valence-corrected chi connectivity index (χ4v) is 2.59. The van der Waals surface area contributed by atoms with Crippen molar-refractivity contribution in [2.24, 2.45) is 5.73 Å². The second-order valence-electron chi connectivity index (χ2n) is 5.64. The van der Waals surface area contributed by atoms with Crippen molar-refractivity contribution < 1.29 is 9.13 Å². The summed E-state index contributed by atoms with van der Waals surface area (Å²) < 4.78 is 19.2. The van der Waals surface area contributed by atoms with E-state index in [9.17, 15) is 4.39 Å². The Labute approximate surface area is 125 Å². The van der Waals surface area contributed by atoms with Crippen molar-refractivity contribution in [1.29, 1.82) is 0 Å². The Balaban J connectivity index is 2.25. The van der Waals surface area contributed by atoms with Crippen LogP contribution in [-0.4, -0.2) is 0 Å². The van der Waals surface area contributed by atoms with Gasteiger partial charge < -0.3 is 10.5 Å². The maximum Gasteiger partial charge on any atom is 0.124 e. The Morgan fingerprint density at radius 2 is 1.71 bits per heavy atom. The van der Waals surface area contributed by atoms with E-state index in [1.54, 1.807) is 6.07 Å². The third-order valence-corrected chi connectivity index (χ3v) is 3.67. The van der Waals surface area contributed by atoms with E-state index in [2.05, 4.69) is 32.9 Å². The first-order valence-electron chi connectivity index (χ1n) is 7.13. The summed E-state index contributed by atoms with van der Waals surface area (Å²) in [5.41, 5.74) is 11.4. The number of aryl methyl sites for hydroxylation is 3. The number of hydrogen-bond donors (Lipinski definition) is 1. The largest absolute Gasteiger partial charge is 0.489 e. The lowest BCUT2D eigenvalue weighted by atomic mass is 10.0. The smallest absolute Gasteiger partial charge is 0.124 e. The summed E-state index contributed by atoms with van der Waals surface area (Å²) in [7, 11) is 0. The van der Waals surface area contributed by atoms with Gasteiger partial charge in [0, 0.05) is 11.6 Å². The Bertz CT molecular complexity index is 627. The summed E-state index contributed by atoms with van der Waals surface area (Å²) in [6.45, 7) is 8.53. The molecule has 0 bridgehead atoms. The summed E-state index contributed by atoms with van der Waals surface area (Å²) in [6.07, 6.45) is 0. The van der Waals surface area contributed by atoms with Crippen LogP contribution in [0.3, 0.4) is 0 Å². The van der Waals surface area contributed by atoms with Gasteiger partial charge in [-0.1, -0.05) is 17.7 Å². The molecule has 1 atom stereocenters. The second-order valence-corrected chi connectivity index (χ2v) is 5.64. The molecule has 2 nitrogen and oxygen atoms in total. The van der Waals surface area contributed by atoms with Gasteiger partial charge in [-0.25, -0.2) is 4.39 Å². The molecule has 0 amide bonds. The van der Waals surface area contributed by atoms with Gasteiger partial charge in [0.1, 0.15) is 18.2 Å². The average molecular weight is 287 g/mol. The van der Waals surface area contributed by atoms with Crippen LogP contribution in [0.15, 0.2) is 30.3 Å². The maximum absolute atomic E-state index is 13.3. The van der Waals surface area contributed by atoms with Crippen molar-refractivity contribution in [3.8, 4) is 5.75 Å². The average Bonchev–Trinajstić information content (AvgIpc) is 2.38. The van der Waals surface area contributed by atoms with E-state index < -0.39 is 0 Å². The molecule has 2 N–H and O–H groups in total. The lowest BCUT2D eigenvalue weighted by molar-refractivity contribution is 0.299. The molecular formula is C18H22FNO. The monoisotopic (exact) mass is 287 g/mol. The van der Waals surface area contributed by atoms with Gasteiger partial charge in [-0.15, -0.1) is 0 Å². The molecule has 2 aromatic rings. The zero-order valence-corrected chi connectivity index (χ0v) is 13.0. The minimum Gasteiger partial charge on any atom is -0.489 e. The molecule has 0 aliphatic rings. The number of rotatable bonds is 4. The van der Waals surface area contributed by atoms with E-state index in [0.29, 0.717) is 17.9 Å². The van der Waals surface area contributed by atoms with Gasteiger partial charge >= 0.3 is 0 Å². The van der Waals surface area contributed by atoms with Crippen LogP contribution in [-0.2, 0) is 6.61 Å². The maximum atomic E-state index is 13.3. The van der Waals surface area contributed by atoms with Gasteiger partial charge in [0.2, 0.25) is 0 Å². The molecule has 0 aliphatic carbocycles. The SMILES string of the molecule is Cc1cc(C)c(COc2ccc(F)cc2C(C)N)c(C)c1. The van der Waals surface area contributed by atoms with Crippen LogP contribution < -0.4 is 10.5 Å². The molecule has 112 valence electrons. The summed E-state index contributed by atoms with van der Waals surface area (Å²) in [6, 6.07) is 8.50. The molecular weight excluding hydrogens is 265 g/mol. The van der Waals surface area contributed by atoms with E-state index in [0.717, 1.165) is 0 Å². The molecule has 0 heterocycles. The molecule has 0 aromatic heterocycles. The molecule has 0 saturated heterocycles. The lowest BCUT2D eigenvalue weighted by Gasteiger charge is -2.16. The standard InChI is InChI=1S/C18H22FNO/c1-11-7-12(2)17(13(3)8-11)10-21-18-6-5-15(19)9-16(18)14(4)20/h5-9,14H,10,20H2,1-4H3. The number of ether oxygens (including phenoxy) is 1. The first-order chi connectivity index (χ1) is 9.88. The van der Waals surface area contributed by atoms with E-state index in [1.807, 2.05) is 6.92 Å². The van der Waals surface area contributed by atoms with Crippen LogP contribution >= 0.6 is 0 Å². The van der Waals surface area contributed by atoms with Crippen molar-refractivity contribution in [2.75, 3.05) is 0 Å². The number of halogens is 1. The first-order valence-corrected chi connectivity index (χ1v) is 7.13. The zero-order valence-electron chi connectivity index (χ0n) is 13.0. The van der Waals surface area contributed by atoms with Crippen molar-refractivity contribution in [1.82, 2.24) is 0 Å². The lowest BCUT2D eigenvalue weighted by Crippen LogP contribution is -2.09. The second kappa shape index (κ2) is 6.27. The molecule has 21 heavy (non-hydrogen) atoms. The Morgan fingerprint density at radius 1 is 1.10 bits per heavy atom. The van der Waals surface area contributed by atoms with Crippen molar-refractivity contribution >= 4 is 0 Å². The number of hydrogen-bond acceptors (Lipinski definition) is 2. The van der Waals surface area contributed by atoms with Crippen LogP contribution in [0.4, 0.5) is 4.39 Å². The number of nitrogens with two attached hydrogens (primary N) is 1. The van der Waals surface area contributed by atoms with Crippen LogP contribution in [0.25, 0.3) is 0 Å². The predicted molar refractivity (Wildman–Crippen MR) is 84.0 cm³/mol. The fraction of sp³-hybridized carbons (Fsp3) is 0.333. The number of benzene rings is 2. The highest BCUT2D eigenvalue weighted by Crippen LogP contribution is 2.26. The summed E-state index contributed by atoms with van der Waals surface area (Å²) in [5, 5.41) is 0. The van der Waals surface area contributed by atoms with Gasteiger partial charge in [0.25, 0.3) is 0 Å². The molecule has 0 spiro atoms. The Kier molecular flexibility index (Phi) is 4.63. The highest BCUT2D eigenvalue weighted by molar-refractivity contribution is 5.39. The van der Waals surface area contributed by atoms with Crippen LogP contribution in [0, 0.1) is 26.6 Å². The van der Waals surface area contributed by atoms with Gasteiger partial charge in [0.05, 0.1) is 0 Å². The van der Waals surface area contributed by atoms with Crippen LogP contribution in [0.1, 0.15) is 40.8 Å². The van der Waals surface area contributed by atoms with Crippen molar-refractivity contribution in [3.63, 3.8) is 0 Å². The quantitative estimate of drug-likeness (QED) is 0.907. The summed E-state index contributed by atoms with van der Waals surface area (Å²) in [5.74, 6) is 0.350. The van der Waals surface area contributed by atoms with E-state index >= 15 is 0 Å². The minimum atomic E-state index is -0.294. The molecule has 2 aromatic carbocycles. The van der Waals surface area contributed by atoms with E-state index in [1.165, 1.54) is 34.4 Å². The molecule has 0 aliphatic heterocycles. The molecule has 0 fully saturated rings. The van der Waals surface area contributed by atoms with Crippen molar-refractivity contribution in [2.45, 2.75) is 40.3 Å². The minimum absolute atomic E-state index is 0.268. The van der Waals surface area contributed by atoms with Crippen LogP contribution in [0.2, 0.25) is 0 Å². The third-order valence-electron chi connectivity index (χ3n) is 3.67. The van der Waals surface area contributed by atoms with E-state index in [-0.39, 0.29) is 11.9 Å². The molecule has 0 radical (unpaired) electrons. The highest BCUT2D eigenvalue weighted by Gasteiger charge is 2.11. The van der Waals surface area contributed by atoms with Crippen LogP contribution in [0.5, 0.6) is 5.75 Å². The summed E-state index contributed by atoms with van der Waals surface area (Å²) in [4.78, 5) is 0. The fourth-order valence-electron chi connectivity index (χ4n) is 2.59. The van der Waals surface area contributed by atoms with Gasteiger partial charge in [-0.05, 0) is 62.6 Å². The van der Waals surface area contributed by atoms with Gasteiger partial charge in [-0.2, -0.15) is 0 Å².